The van der Waals surface area contributed by atoms with Crippen LogP contribution in [0.2, 0.25) is 0 Å². The normalized spacial score (nSPS) is 10.9. The van der Waals surface area contributed by atoms with E-state index in [0.29, 0.717) is 22.9 Å². The van der Waals surface area contributed by atoms with Crippen LogP contribution in [-0.4, -0.2) is 16.1 Å². The molecule has 0 bridgehead atoms. The van der Waals surface area contributed by atoms with Gasteiger partial charge in [0.15, 0.2) is 0 Å². The molecule has 0 atom stereocenters. The molecular formula is C14H14BrNO2S. The van der Waals surface area contributed by atoms with Crippen LogP contribution in [0.15, 0.2) is 28.7 Å². The second kappa shape index (κ2) is 5.84. The van der Waals surface area contributed by atoms with Crippen LogP contribution in [0, 0.1) is 5.92 Å². The highest BCUT2D eigenvalue weighted by molar-refractivity contribution is 9.10. The van der Waals surface area contributed by atoms with Gasteiger partial charge in [-0.2, -0.15) is 0 Å². The average Bonchev–Trinajstić information content (AvgIpc) is 2.73. The van der Waals surface area contributed by atoms with Gasteiger partial charge in [-0.3, -0.25) is 0 Å². The Labute approximate surface area is 124 Å². The molecule has 0 unspecified atom stereocenters. The molecule has 3 nitrogen and oxygen atoms in total. The lowest BCUT2D eigenvalue weighted by Gasteiger charge is -2.01. The summed E-state index contributed by atoms with van der Waals surface area (Å²) in [4.78, 5) is 16.1. The molecule has 1 aromatic heterocycles. The van der Waals surface area contributed by atoms with Crippen molar-refractivity contribution in [2.75, 3.05) is 0 Å². The second-order valence-electron chi connectivity index (χ2n) is 4.70. The molecule has 0 aliphatic rings. The Kier molecular flexibility index (Phi) is 4.37. The van der Waals surface area contributed by atoms with E-state index in [1.54, 1.807) is 0 Å². The van der Waals surface area contributed by atoms with Gasteiger partial charge in [0.2, 0.25) is 0 Å². The summed E-state index contributed by atoms with van der Waals surface area (Å²) in [6, 6.07) is 7.74. The van der Waals surface area contributed by atoms with E-state index in [4.69, 9.17) is 0 Å². The zero-order valence-corrected chi connectivity index (χ0v) is 13.1. The van der Waals surface area contributed by atoms with Crippen molar-refractivity contribution in [2.24, 2.45) is 5.92 Å². The fourth-order valence-electron chi connectivity index (χ4n) is 1.76. The molecule has 2 aromatic rings. The molecule has 0 fully saturated rings. The van der Waals surface area contributed by atoms with Crippen molar-refractivity contribution in [3.63, 3.8) is 0 Å². The van der Waals surface area contributed by atoms with Gasteiger partial charge in [-0.15, -0.1) is 11.3 Å². The summed E-state index contributed by atoms with van der Waals surface area (Å²) in [5, 5.41) is 10.0. The number of nitrogens with zero attached hydrogens (tertiary/aromatic N) is 1. The molecule has 1 aromatic carbocycles. The fourth-order valence-corrected chi connectivity index (χ4v) is 2.96. The molecule has 0 saturated heterocycles. The number of aromatic carboxylic acids is 1. The van der Waals surface area contributed by atoms with E-state index < -0.39 is 5.97 Å². The first kappa shape index (κ1) is 14.2. The van der Waals surface area contributed by atoms with Crippen LogP contribution in [0.25, 0.3) is 10.6 Å². The van der Waals surface area contributed by atoms with Gasteiger partial charge in [0.05, 0.1) is 5.69 Å². The lowest BCUT2D eigenvalue weighted by molar-refractivity contribution is 0.0700. The van der Waals surface area contributed by atoms with Crippen molar-refractivity contribution < 1.29 is 9.90 Å². The molecule has 0 amide bonds. The standard InChI is InChI=1S/C14H14BrNO2S/c1-8(2)7-11-12(14(17)18)19-13(16-11)9-3-5-10(15)6-4-9/h3-6,8H,7H2,1-2H3,(H,17,18). The minimum absolute atomic E-state index is 0.353. The van der Waals surface area contributed by atoms with Gasteiger partial charge in [0, 0.05) is 10.0 Å². The smallest absolute Gasteiger partial charge is 0.347 e. The molecule has 0 aliphatic carbocycles. The molecule has 19 heavy (non-hydrogen) atoms. The Morgan fingerprint density at radius 2 is 2.00 bits per heavy atom. The maximum Gasteiger partial charge on any atom is 0.347 e. The number of benzene rings is 1. The molecule has 100 valence electrons. The lowest BCUT2D eigenvalue weighted by atomic mass is 10.1. The highest BCUT2D eigenvalue weighted by atomic mass is 79.9. The maximum absolute atomic E-state index is 11.3. The number of rotatable bonds is 4. The molecule has 0 radical (unpaired) electrons. The van der Waals surface area contributed by atoms with Crippen LogP contribution in [0.1, 0.15) is 29.2 Å². The summed E-state index contributed by atoms with van der Waals surface area (Å²) < 4.78 is 0.994. The van der Waals surface area contributed by atoms with Gasteiger partial charge in [0.1, 0.15) is 9.88 Å². The third kappa shape index (κ3) is 3.42. The number of halogens is 1. The number of carbonyl (C=O) groups is 1. The van der Waals surface area contributed by atoms with Crippen molar-refractivity contribution >= 4 is 33.2 Å². The molecule has 5 heteroatoms. The van der Waals surface area contributed by atoms with Gasteiger partial charge in [0.25, 0.3) is 0 Å². The van der Waals surface area contributed by atoms with Gasteiger partial charge < -0.3 is 5.11 Å². The van der Waals surface area contributed by atoms with Crippen molar-refractivity contribution in [1.82, 2.24) is 4.98 Å². The number of hydrogen-bond acceptors (Lipinski definition) is 3. The van der Waals surface area contributed by atoms with E-state index in [0.717, 1.165) is 15.0 Å². The van der Waals surface area contributed by atoms with Gasteiger partial charge >= 0.3 is 5.97 Å². The SMILES string of the molecule is CC(C)Cc1nc(-c2ccc(Br)cc2)sc1C(=O)O. The zero-order valence-electron chi connectivity index (χ0n) is 10.7. The first-order chi connectivity index (χ1) is 8.97. The Balaban J connectivity index is 2.42. The van der Waals surface area contributed by atoms with E-state index >= 15 is 0 Å². The van der Waals surface area contributed by atoms with Crippen molar-refractivity contribution in [3.05, 3.63) is 39.3 Å². The van der Waals surface area contributed by atoms with Gasteiger partial charge in [-0.1, -0.05) is 41.9 Å². The summed E-state index contributed by atoms with van der Waals surface area (Å²) in [7, 11) is 0. The molecule has 0 aliphatic heterocycles. The minimum Gasteiger partial charge on any atom is -0.477 e. The van der Waals surface area contributed by atoms with Crippen molar-refractivity contribution in [3.8, 4) is 10.6 Å². The first-order valence-corrected chi connectivity index (χ1v) is 7.57. The quantitative estimate of drug-likeness (QED) is 0.893. The highest BCUT2D eigenvalue weighted by Gasteiger charge is 2.18. The summed E-state index contributed by atoms with van der Waals surface area (Å²) in [6.45, 7) is 4.12. The summed E-state index contributed by atoms with van der Waals surface area (Å²) >= 11 is 4.63. The molecule has 0 saturated carbocycles. The Bertz CT molecular complexity index is 590. The number of carboxylic acids is 1. The predicted octanol–water partition coefficient (Wildman–Crippen LogP) is 4.47. The van der Waals surface area contributed by atoms with E-state index in [1.807, 2.05) is 24.3 Å². The largest absolute Gasteiger partial charge is 0.477 e. The van der Waals surface area contributed by atoms with E-state index in [2.05, 4.69) is 34.8 Å². The Morgan fingerprint density at radius 1 is 1.37 bits per heavy atom. The number of aromatic nitrogens is 1. The van der Waals surface area contributed by atoms with Crippen LogP contribution in [-0.2, 0) is 6.42 Å². The van der Waals surface area contributed by atoms with E-state index in [9.17, 15) is 9.90 Å². The lowest BCUT2D eigenvalue weighted by Crippen LogP contribution is -2.02. The van der Waals surface area contributed by atoms with Crippen LogP contribution in [0.3, 0.4) is 0 Å². The predicted molar refractivity (Wildman–Crippen MR) is 80.8 cm³/mol. The topological polar surface area (TPSA) is 50.2 Å². The Hall–Kier alpha value is -1.20. The summed E-state index contributed by atoms with van der Waals surface area (Å²) in [6.07, 6.45) is 0.689. The number of hydrogen-bond donors (Lipinski definition) is 1. The van der Waals surface area contributed by atoms with E-state index in [1.165, 1.54) is 11.3 Å². The summed E-state index contributed by atoms with van der Waals surface area (Å²) in [5.74, 6) is -0.505. The molecule has 2 rings (SSSR count). The summed E-state index contributed by atoms with van der Waals surface area (Å²) in [5.41, 5.74) is 1.64. The minimum atomic E-state index is -0.892. The maximum atomic E-state index is 11.3. The number of thiazole rings is 1. The monoisotopic (exact) mass is 339 g/mol. The van der Waals surface area contributed by atoms with Crippen LogP contribution in [0.4, 0.5) is 0 Å². The molecule has 0 spiro atoms. The number of carboxylic acid groups (broad SMARTS) is 1. The van der Waals surface area contributed by atoms with Crippen molar-refractivity contribution in [1.29, 1.82) is 0 Å². The third-order valence-electron chi connectivity index (χ3n) is 2.58. The highest BCUT2D eigenvalue weighted by Crippen LogP contribution is 2.30. The van der Waals surface area contributed by atoms with Gasteiger partial charge in [-0.05, 0) is 24.5 Å². The second-order valence-corrected chi connectivity index (χ2v) is 6.62. The van der Waals surface area contributed by atoms with Crippen LogP contribution >= 0.6 is 27.3 Å². The Morgan fingerprint density at radius 3 is 2.53 bits per heavy atom. The van der Waals surface area contributed by atoms with Gasteiger partial charge in [-0.25, -0.2) is 9.78 Å². The van der Waals surface area contributed by atoms with E-state index in [-0.39, 0.29) is 0 Å². The van der Waals surface area contributed by atoms with Crippen LogP contribution < -0.4 is 0 Å². The zero-order chi connectivity index (χ0) is 14.0. The average molecular weight is 340 g/mol. The molecular weight excluding hydrogens is 326 g/mol. The molecule has 1 heterocycles. The first-order valence-electron chi connectivity index (χ1n) is 5.96. The third-order valence-corrected chi connectivity index (χ3v) is 4.25. The fraction of sp³-hybridized carbons (Fsp3) is 0.286. The molecule has 1 N–H and O–H groups in total. The van der Waals surface area contributed by atoms with Crippen LogP contribution in [0.5, 0.6) is 0 Å². The van der Waals surface area contributed by atoms with Crippen molar-refractivity contribution in [2.45, 2.75) is 20.3 Å².